The van der Waals surface area contributed by atoms with Crippen molar-refractivity contribution in [3.63, 3.8) is 0 Å². The zero-order valence-corrected chi connectivity index (χ0v) is 11.3. The summed E-state index contributed by atoms with van der Waals surface area (Å²) in [6, 6.07) is 14.9. The molecule has 0 unspecified atom stereocenters. The molecular formula is C16H20N2. The third kappa shape index (κ3) is 2.71. The van der Waals surface area contributed by atoms with E-state index in [1.807, 2.05) is 0 Å². The first-order valence-corrected chi connectivity index (χ1v) is 6.21. The average molecular weight is 240 g/mol. The Balaban J connectivity index is 2.37. The van der Waals surface area contributed by atoms with E-state index in [0.717, 1.165) is 5.56 Å². The van der Waals surface area contributed by atoms with Crippen LogP contribution >= 0.6 is 0 Å². The monoisotopic (exact) mass is 240 g/mol. The molecular weight excluding hydrogens is 220 g/mol. The first-order valence-electron chi connectivity index (χ1n) is 6.21. The number of nitrogens with zero attached hydrogens (tertiary/aromatic N) is 1. The maximum Gasteiger partial charge on any atom is 0.0413 e. The zero-order chi connectivity index (χ0) is 13.1. The van der Waals surface area contributed by atoms with Gasteiger partial charge in [0.25, 0.3) is 0 Å². The van der Waals surface area contributed by atoms with Gasteiger partial charge in [0.2, 0.25) is 0 Å². The summed E-state index contributed by atoms with van der Waals surface area (Å²) in [5.41, 5.74) is 11.8. The van der Waals surface area contributed by atoms with E-state index in [9.17, 15) is 0 Å². The van der Waals surface area contributed by atoms with E-state index < -0.39 is 0 Å². The number of benzene rings is 2. The van der Waals surface area contributed by atoms with E-state index >= 15 is 0 Å². The molecule has 0 spiro atoms. The van der Waals surface area contributed by atoms with Gasteiger partial charge < -0.3 is 10.6 Å². The van der Waals surface area contributed by atoms with Crippen LogP contribution in [0.3, 0.4) is 0 Å². The van der Waals surface area contributed by atoms with Gasteiger partial charge in [0, 0.05) is 25.0 Å². The molecule has 94 valence electrons. The molecule has 0 aromatic heterocycles. The van der Waals surface area contributed by atoms with Gasteiger partial charge in [0.15, 0.2) is 0 Å². The molecule has 0 saturated carbocycles. The van der Waals surface area contributed by atoms with Crippen LogP contribution in [0, 0.1) is 13.8 Å². The van der Waals surface area contributed by atoms with Crippen LogP contribution in [-0.4, -0.2) is 7.05 Å². The van der Waals surface area contributed by atoms with Crippen LogP contribution in [0.1, 0.15) is 16.7 Å². The number of nitrogens with two attached hydrogens (primary N) is 1. The second-order valence-electron chi connectivity index (χ2n) is 4.78. The Hall–Kier alpha value is -1.80. The van der Waals surface area contributed by atoms with Gasteiger partial charge in [-0.05, 0) is 54.8 Å². The van der Waals surface area contributed by atoms with Gasteiger partial charge in [0.1, 0.15) is 0 Å². The molecule has 2 nitrogen and oxygen atoms in total. The molecule has 2 aromatic carbocycles. The van der Waals surface area contributed by atoms with Gasteiger partial charge in [-0.15, -0.1) is 0 Å². The van der Waals surface area contributed by atoms with Crippen molar-refractivity contribution in [2.75, 3.05) is 11.9 Å². The van der Waals surface area contributed by atoms with E-state index in [1.165, 1.54) is 22.5 Å². The highest BCUT2D eigenvalue weighted by atomic mass is 15.1. The van der Waals surface area contributed by atoms with Crippen molar-refractivity contribution in [2.24, 2.45) is 5.73 Å². The predicted octanol–water partition coefficient (Wildman–Crippen LogP) is 3.53. The molecule has 0 aliphatic heterocycles. The van der Waals surface area contributed by atoms with Gasteiger partial charge in [-0.2, -0.15) is 0 Å². The van der Waals surface area contributed by atoms with E-state index in [0.29, 0.717) is 6.54 Å². The van der Waals surface area contributed by atoms with Crippen LogP contribution in [0.5, 0.6) is 0 Å². The Morgan fingerprint density at radius 2 is 1.61 bits per heavy atom. The van der Waals surface area contributed by atoms with E-state index in [1.54, 1.807) is 0 Å². The molecule has 18 heavy (non-hydrogen) atoms. The lowest BCUT2D eigenvalue weighted by Gasteiger charge is -2.21. The van der Waals surface area contributed by atoms with Crippen molar-refractivity contribution in [3.8, 4) is 0 Å². The molecule has 0 heterocycles. The Morgan fingerprint density at radius 1 is 0.944 bits per heavy atom. The summed E-state index contributed by atoms with van der Waals surface area (Å²) < 4.78 is 0. The number of anilines is 2. The van der Waals surface area contributed by atoms with Crippen molar-refractivity contribution in [1.82, 2.24) is 0 Å². The number of hydrogen-bond acceptors (Lipinski definition) is 2. The first kappa shape index (κ1) is 12.7. The Bertz CT molecular complexity index is 526. The maximum atomic E-state index is 5.69. The molecule has 2 aromatic rings. The van der Waals surface area contributed by atoms with E-state index in [2.05, 4.69) is 68.3 Å². The van der Waals surface area contributed by atoms with Gasteiger partial charge >= 0.3 is 0 Å². The summed E-state index contributed by atoms with van der Waals surface area (Å²) in [6.07, 6.45) is 0. The van der Waals surface area contributed by atoms with Crippen molar-refractivity contribution in [1.29, 1.82) is 0 Å². The Kier molecular flexibility index (Phi) is 3.68. The topological polar surface area (TPSA) is 29.3 Å². The van der Waals surface area contributed by atoms with Crippen LogP contribution in [0.2, 0.25) is 0 Å². The SMILES string of the molecule is Cc1cc(C)cc(N(C)c2cccc(CN)c2)c1. The summed E-state index contributed by atoms with van der Waals surface area (Å²) in [6.45, 7) is 4.83. The summed E-state index contributed by atoms with van der Waals surface area (Å²) >= 11 is 0. The van der Waals surface area contributed by atoms with Crippen LogP contribution in [0.4, 0.5) is 11.4 Å². The summed E-state index contributed by atoms with van der Waals surface area (Å²) in [7, 11) is 2.09. The standard InChI is InChI=1S/C16H20N2/c1-12-7-13(2)9-16(8-12)18(3)15-6-4-5-14(10-15)11-17/h4-10H,11,17H2,1-3H3. The highest BCUT2D eigenvalue weighted by Gasteiger charge is 2.05. The first-order chi connectivity index (χ1) is 8.60. The molecule has 0 atom stereocenters. The molecule has 0 aliphatic rings. The van der Waals surface area contributed by atoms with Crippen LogP contribution in [0.25, 0.3) is 0 Å². The molecule has 0 aliphatic carbocycles. The average Bonchev–Trinajstić information content (AvgIpc) is 2.37. The molecule has 0 amide bonds. The van der Waals surface area contributed by atoms with Crippen molar-refractivity contribution < 1.29 is 0 Å². The fourth-order valence-corrected chi connectivity index (χ4v) is 2.19. The number of aryl methyl sites for hydroxylation is 2. The lowest BCUT2D eigenvalue weighted by molar-refractivity contribution is 1.06. The fraction of sp³-hybridized carbons (Fsp3) is 0.250. The van der Waals surface area contributed by atoms with Crippen LogP contribution in [0.15, 0.2) is 42.5 Å². The van der Waals surface area contributed by atoms with Gasteiger partial charge in [0.05, 0.1) is 0 Å². The van der Waals surface area contributed by atoms with Gasteiger partial charge in [-0.3, -0.25) is 0 Å². The quantitative estimate of drug-likeness (QED) is 0.889. The smallest absolute Gasteiger partial charge is 0.0413 e. The summed E-state index contributed by atoms with van der Waals surface area (Å²) in [5.74, 6) is 0. The zero-order valence-electron chi connectivity index (χ0n) is 11.3. The van der Waals surface area contributed by atoms with Crippen molar-refractivity contribution in [2.45, 2.75) is 20.4 Å². The molecule has 2 heteroatoms. The molecule has 0 fully saturated rings. The number of rotatable bonds is 3. The van der Waals surface area contributed by atoms with E-state index in [4.69, 9.17) is 5.73 Å². The normalized spacial score (nSPS) is 10.4. The maximum absolute atomic E-state index is 5.69. The largest absolute Gasteiger partial charge is 0.345 e. The fourth-order valence-electron chi connectivity index (χ4n) is 2.19. The second kappa shape index (κ2) is 5.23. The minimum absolute atomic E-state index is 0.578. The van der Waals surface area contributed by atoms with Gasteiger partial charge in [-0.1, -0.05) is 18.2 Å². The van der Waals surface area contributed by atoms with Crippen molar-refractivity contribution in [3.05, 3.63) is 59.2 Å². The third-order valence-corrected chi connectivity index (χ3v) is 3.13. The van der Waals surface area contributed by atoms with Crippen LogP contribution in [-0.2, 0) is 6.54 Å². The second-order valence-corrected chi connectivity index (χ2v) is 4.78. The molecule has 0 radical (unpaired) electrons. The highest BCUT2D eigenvalue weighted by Crippen LogP contribution is 2.26. The molecule has 2 N–H and O–H groups in total. The lowest BCUT2D eigenvalue weighted by atomic mass is 10.1. The minimum atomic E-state index is 0.578. The summed E-state index contributed by atoms with van der Waals surface area (Å²) in [5, 5.41) is 0. The van der Waals surface area contributed by atoms with Crippen LogP contribution < -0.4 is 10.6 Å². The predicted molar refractivity (Wildman–Crippen MR) is 78.3 cm³/mol. The van der Waals surface area contributed by atoms with Crippen molar-refractivity contribution >= 4 is 11.4 Å². The van der Waals surface area contributed by atoms with E-state index in [-0.39, 0.29) is 0 Å². The molecule has 0 saturated heterocycles. The Morgan fingerprint density at radius 3 is 2.22 bits per heavy atom. The van der Waals surface area contributed by atoms with Gasteiger partial charge in [-0.25, -0.2) is 0 Å². The number of hydrogen-bond donors (Lipinski definition) is 1. The highest BCUT2D eigenvalue weighted by molar-refractivity contribution is 5.64. The Labute approximate surface area is 109 Å². The lowest BCUT2D eigenvalue weighted by Crippen LogP contribution is -2.10. The minimum Gasteiger partial charge on any atom is -0.345 e. The molecule has 0 bridgehead atoms. The summed E-state index contributed by atoms with van der Waals surface area (Å²) in [4.78, 5) is 2.19. The molecule has 2 rings (SSSR count). The third-order valence-electron chi connectivity index (χ3n) is 3.13.